The Labute approximate surface area is 140 Å². The molecule has 2 atom stereocenters. The van der Waals surface area contributed by atoms with Crippen LogP contribution >= 0.6 is 11.8 Å². The van der Waals surface area contributed by atoms with Crippen molar-refractivity contribution < 1.29 is 19.1 Å². The number of hydrogen-bond acceptors (Lipinski definition) is 6. The van der Waals surface area contributed by atoms with Gasteiger partial charge in [0.15, 0.2) is 0 Å². The molecule has 7 heteroatoms. The van der Waals surface area contributed by atoms with Crippen LogP contribution in [0.4, 0.5) is 0 Å². The van der Waals surface area contributed by atoms with Crippen LogP contribution in [0.15, 0.2) is 18.3 Å². The van der Waals surface area contributed by atoms with Crippen LogP contribution in [0.3, 0.4) is 0 Å². The topological polar surface area (TPSA) is 77.5 Å². The van der Waals surface area contributed by atoms with Gasteiger partial charge in [-0.05, 0) is 24.2 Å². The molecule has 2 rings (SSSR count). The predicted octanol–water partition coefficient (Wildman–Crippen LogP) is 1.89. The molecule has 1 aliphatic heterocycles. The van der Waals surface area contributed by atoms with Crippen molar-refractivity contribution in [2.24, 2.45) is 5.92 Å². The molecule has 6 nitrogen and oxygen atoms in total. The number of esters is 1. The van der Waals surface area contributed by atoms with Crippen LogP contribution in [0.1, 0.15) is 30.6 Å². The van der Waals surface area contributed by atoms with E-state index in [1.807, 2.05) is 25.6 Å². The van der Waals surface area contributed by atoms with Gasteiger partial charge in [-0.25, -0.2) is 9.78 Å². The highest BCUT2D eigenvalue weighted by molar-refractivity contribution is 7.99. The Hall–Kier alpha value is -1.76. The second-order valence-corrected chi connectivity index (χ2v) is 6.86. The molecule has 1 fully saturated rings. The van der Waals surface area contributed by atoms with Crippen LogP contribution in [0.25, 0.3) is 0 Å². The molecule has 1 N–H and O–H groups in total. The normalized spacial score (nSPS) is 18.5. The summed E-state index contributed by atoms with van der Waals surface area (Å²) >= 11 is 1.86. The predicted molar refractivity (Wildman–Crippen MR) is 88.7 cm³/mol. The molecule has 0 aliphatic carbocycles. The molecule has 1 saturated heterocycles. The highest BCUT2D eigenvalue weighted by atomic mass is 32.2. The van der Waals surface area contributed by atoms with Crippen LogP contribution in [0.2, 0.25) is 0 Å². The third-order valence-corrected chi connectivity index (χ3v) is 4.71. The van der Waals surface area contributed by atoms with Gasteiger partial charge in [0.25, 0.3) is 5.91 Å². The molecular formula is C16H22N2O4S. The number of ether oxygens (including phenoxy) is 2. The van der Waals surface area contributed by atoms with Crippen molar-refractivity contribution in [3.63, 3.8) is 0 Å². The smallest absolute Gasteiger partial charge is 0.328 e. The zero-order valence-electron chi connectivity index (χ0n) is 13.6. The Bertz CT molecular complexity index is 542. The number of thioether (sulfide) groups is 1. The van der Waals surface area contributed by atoms with Crippen molar-refractivity contribution in [1.82, 2.24) is 10.3 Å². The fourth-order valence-electron chi connectivity index (χ4n) is 2.21. The quantitative estimate of drug-likeness (QED) is 0.798. The van der Waals surface area contributed by atoms with Crippen molar-refractivity contribution in [3.8, 4) is 5.88 Å². The van der Waals surface area contributed by atoms with Crippen molar-refractivity contribution >= 4 is 23.6 Å². The lowest BCUT2D eigenvalue weighted by Crippen LogP contribution is -2.45. The summed E-state index contributed by atoms with van der Waals surface area (Å²) in [5.74, 6) is 1.71. The summed E-state index contributed by atoms with van der Waals surface area (Å²) in [6, 6.07) is 2.65. The van der Waals surface area contributed by atoms with Gasteiger partial charge in [0.05, 0.1) is 12.7 Å². The Morgan fingerprint density at radius 1 is 1.39 bits per heavy atom. The summed E-state index contributed by atoms with van der Waals surface area (Å²) in [6.07, 6.45) is 2.67. The summed E-state index contributed by atoms with van der Waals surface area (Å²) in [5.41, 5.74) is 0.382. The zero-order valence-corrected chi connectivity index (χ0v) is 14.4. The largest absolute Gasteiger partial charge is 0.473 e. The number of carbonyl (C=O) groups excluding carboxylic acids is 2. The lowest BCUT2D eigenvalue weighted by atomic mass is 10.0. The molecule has 0 radical (unpaired) electrons. The number of nitrogens with one attached hydrogen (secondary N) is 1. The SMILES string of the molecule is COC(=O)C(NC(=O)c1ccc(OC2CCSC2)nc1)C(C)C. The molecule has 1 aromatic rings. The molecule has 126 valence electrons. The van der Waals surface area contributed by atoms with E-state index >= 15 is 0 Å². The molecule has 0 spiro atoms. The highest BCUT2D eigenvalue weighted by Gasteiger charge is 2.25. The molecule has 2 unspecified atom stereocenters. The summed E-state index contributed by atoms with van der Waals surface area (Å²) < 4.78 is 10.5. The first kappa shape index (κ1) is 17.6. The summed E-state index contributed by atoms with van der Waals surface area (Å²) in [7, 11) is 1.30. The maximum atomic E-state index is 12.2. The van der Waals surface area contributed by atoms with E-state index in [0.29, 0.717) is 11.4 Å². The van der Waals surface area contributed by atoms with Crippen LogP contribution in [-0.2, 0) is 9.53 Å². The number of aromatic nitrogens is 1. The molecule has 0 saturated carbocycles. The number of hydrogen-bond donors (Lipinski definition) is 1. The van der Waals surface area contributed by atoms with Gasteiger partial charge in [-0.2, -0.15) is 11.8 Å². The third-order valence-electron chi connectivity index (χ3n) is 3.58. The van der Waals surface area contributed by atoms with Gasteiger partial charge in [0, 0.05) is 18.0 Å². The lowest BCUT2D eigenvalue weighted by Gasteiger charge is -2.19. The Balaban J connectivity index is 1.97. The molecule has 23 heavy (non-hydrogen) atoms. The van der Waals surface area contributed by atoms with E-state index in [4.69, 9.17) is 9.47 Å². The molecule has 1 aromatic heterocycles. The number of methoxy groups -OCH3 is 1. The van der Waals surface area contributed by atoms with E-state index in [1.165, 1.54) is 13.3 Å². The highest BCUT2D eigenvalue weighted by Crippen LogP contribution is 2.22. The van der Waals surface area contributed by atoms with Crippen LogP contribution in [0.5, 0.6) is 5.88 Å². The van der Waals surface area contributed by atoms with E-state index in [9.17, 15) is 9.59 Å². The number of rotatable bonds is 6. The van der Waals surface area contributed by atoms with E-state index < -0.39 is 12.0 Å². The first-order chi connectivity index (χ1) is 11.0. The fraction of sp³-hybridized carbons (Fsp3) is 0.562. The minimum absolute atomic E-state index is 0.0677. The lowest BCUT2D eigenvalue weighted by molar-refractivity contribution is -0.144. The molecule has 0 aromatic carbocycles. The molecule has 0 bridgehead atoms. The second kappa shape index (κ2) is 8.19. The first-order valence-corrected chi connectivity index (χ1v) is 8.76. The van der Waals surface area contributed by atoms with E-state index in [0.717, 1.165) is 17.9 Å². The van der Waals surface area contributed by atoms with Crippen molar-refractivity contribution in [1.29, 1.82) is 0 Å². The van der Waals surface area contributed by atoms with Gasteiger partial charge in [0.2, 0.25) is 5.88 Å². The third kappa shape index (κ3) is 4.86. The van der Waals surface area contributed by atoms with E-state index in [1.54, 1.807) is 12.1 Å². The van der Waals surface area contributed by atoms with Crippen molar-refractivity contribution in [2.75, 3.05) is 18.6 Å². The summed E-state index contributed by atoms with van der Waals surface area (Å²) in [5, 5.41) is 2.68. The van der Waals surface area contributed by atoms with Gasteiger partial charge in [-0.15, -0.1) is 0 Å². The standard InChI is InChI=1S/C16H22N2O4S/c1-10(2)14(16(20)21-3)18-15(19)11-4-5-13(17-8-11)22-12-6-7-23-9-12/h4-5,8,10,12,14H,6-7,9H2,1-3H3,(H,18,19). The second-order valence-electron chi connectivity index (χ2n) is 5.71. The number of pyridine rings is 1. The van der Waals surface area contributed by atoms with Gasteiger partial charge in [0.1, 0.15) is 12.1 Å². The maximum absolute atomic E-state index is 12.2. The van der Waals surface area contributed by atoms with Crippen molar-refractivity contribution in [3.05, 3.63) is 23.9 Å². The van der Waals surface area contributed by atoms with Crippen LogP contribution in [-0.4, -0.2) is 47.6 Å². The Kier molecular flexibility index (Phi) is 6.27. The van der Waals surface area contributed by atoms with Gasteiger partial charge in [-0.1, -0.05) is 13.8 Å². The molecule has 2 heterocycles. The number of amides is 1. The van der Waals surface area contributed by atoms with Gasteiger partial charge in [-0.3, -0.25) is 4.79 Å². The average molecular weight is 338 g/mol. The van der Waals surface area contributed by atoms with Gasteiger partial charge < -0.3 is 14.8 Å². The molecule has 1 aliphatic rings. The minimum atomic E-state index is -0.682. The Morgan fingerprint density at radius 3 is 2.70 bits per heavy atom. The number of nitrogens with zero attached hydrogens (tertiary/aromatic N) is 1. The van der Waals surface area contributed by atoms with Crippen LogP contribution in [0, 0.1) is 5.92 Å². The van der Waals surface area contributed by atoms with Crippen LogP contribution < -0.4 is 10.1 Å². The summed E-state index contributed by atoms with van der Waals surface area (Å²) in [4.78, 5) is 28.1. The van der Waals surface area contributed by atoms with E-state index in [2.05, 4.69) is 10.3 Å². The monoisotopic (exact) mass is 338 g/mol. The average Bonchev–Trinajstić information content (AvgIpc) is 3.05. The van der Waals surface area contributed by atoms with Gasteiger partial charge >= 0.3 is 5.97 Å². The molecular weight excluding hydrogens is 316 g/mol. The van der Waals surface area contributed by atoms with E-state index in [-0.39, 0.29) is 17.9 Å². The first-order valence-electron chi connectivity index (χ1n) is 7.60. The Morgan fingerprint density at radius 2 is 2.17 bits per heavy atom. The van der Waals surface area contributed by atoms with Crippen molar-refractivity contribution in [2.45, 2.75) is 32.4 Å². The minimum Gasteiger partial charge on any atom is -0.473 e. The fourth-order valence-corrected chi connectivity index (χ4v) is 3.30. The summed E-state index contributed by atoms with van der Waals surface area (Å²) in [6.45, 7) is 3.69. The maximum Gasteiger partial charge on any atom is 0.328 e. The zero-order chi connectivity index (χ0) is 16.8. The molecule has 1 amide bonds. The number of carbonyl (C=O) groups is 2.